The van der Waals surface area contributed by atoms with Crippen LogP contribution in [0.15, 0.2) is 66.7 Å². The molecule has 0 unspecified atom stereocenters. The molecule has 0 radical (unpaired) electrons. The summed E-state index contributed by atoms with van der Waals surface area (Å²) in [4.78, 5) is 27.9. The van der Waals surface area contributed by atoms with Gasteiger partial charge in [0.15, 0.2) is 0 Å². The maximum absolute atomic E-state index is 13.0. The number of hydrogen-bond donors (Lipinski definition) is 0. The van der Waals surface area contributed by atoms with E-state index in [2.05, 4.69) is 0 Å². The van der Waals surface area contributed by atoms with Gasteiger partial charge < -0.3 is 19.3 Å². The first-order valence-electron chi connectivity index (χ1n) is 11.4. The standard InChI is InChI=1S/C27H25F3N2O4/c1-3-31(16-25(33)35-2)20-11-13-22(14-12-20)36-17-18-5-4-6-23-24(18)15-32(26(23)34)21-9-7-19(8-10-21)27(28,29)30/h4-14H,3,15-17H2,1-2H3. The van der Waals surface area contributed by atoms with E-state index in [4.69, 9.17) is 9.47 Å². The van der Waals surface area contributed by atoms with Crippen molar-refractivity contribution in [3.05, 3.63) is 89.0 Å². The van der Waals surface area contributed by atoms with Crippen LogP contribution in [0.2, 0.25) is 0 Å². The second-order valence-electron chi connectivity index (χ2n) is 8.25. The molecule has 0 aliphatic carbocycles. The highest BCUT2D eigenvalue weighted by atomic mass is 19.4. The van der Waals surface area contributed by atoms with Gasteiger partial charge in [-0.2, -0.15) is 13.2 Å². The van der Waals surface area contributed by atoms with Crippen molar-refractivity contribution >= 4 is 23.3 Å². The molecule has 1 amide bonds. The van der Waals surface area contributed by atoms with Crippen LogP contribution in [0, 0.1) is 0 Å². The van der Waals surface area contributed by atoms with Crippen LogP contribution in [-0.4, -0.2) is 32.1 Å². The second kappa shape index (κ2) is 10.3. The summed E-state index contributed by atoms with van der Waals surface area (Å²) in [6, 6.07) is 17.2. The molecule has 3 aromatic rings. The van der Waals surface area contributed by atoms with Crippen LogP contribution >= 0.6 is 0 Å². The Morgan fingerprint density at radius 2 is 1.72 bits per heavy atom. The molecule has 0 spiro atoms. The van der Waals surface area contributed by atoms with Crippen molar-refractivity contribution in [2.24, 2.45) is 0 Å². The third-order valence-electron chi connectivity index (χ3n) is 6.10. The van der Waals surface area contributed by atoms with E-state index in [9.17, 15) is 22.8 Å². The highest BCUT2D eigenvalue weighted by Gasteiger charge is 2.33. The average molecular weight is 499 g/mol. The Labute approximate surface area is 206 Å². The lowest BCUT2D eigenvalue weighted by molar-refractivity contribution is -0.139. The van der Waals surface area contributed by atoms with Crippen molar-refractivity contribution in [2.45, 2.75) is 26.3 Å². The number of benzene rings is 3. The summed E-state index contributed by atoms with van der Waals surface area (Å²) >= 11 is 0. The maximum atomic E-state index is 13.0. The minimum atomic E-state index is -4.44. The third-order valence-corrected chi connectivity index (χ3v) is 6.10. The number of anilines is 2. The fourth-order valence-electron chi connectivity index (χ4n) is 4.09. The van der Waals surface area contributed by atoms with Crippen molar-refractivity contribution in [3.8, 4) is 5.75 Å². The number of methoxy groups -OCH3 is 1. The number of ether oxygens (including phenoxy) is 2. The van der Waals surface area contributed by atoms with Gasteiger partial charge in [-0.25, -0.2) is 0 Å². The summed E-state index contributed by atoms with van der Waals surface area (Å²) in [5.41, 5.74) is 2.61. The van der Waals surface area contributed by atoms with Crippen molar-refractivity contribution in [3.63, 3.8) is 0 Å². The topological polar surface area (TPSA) is 59.1 Å². The number of amides is 1. The number of fused-ring (bicyclic) bond motifs is 1. The Morgan fingerprint density at radius 1 is 1.03 bits per heavy atom. The molecule has 4 rings (SSSR count). The Bertz CT molecular complexity index is 1240. The highest BCUT2D eigenvalue weighted by molar-refractivity contribution is 6.10. The molecule has 1 aliphatic rings. The van der Waals surface area contributed by atoms with Gasteiger partial charge in [0.1, 0.15) is 18.9 Å². The number of alkyl halides is 3. The summed E-state index contributed by atoms with van der Waals surface area (Å²) in [5.74, 6) is 0.0330. The zero-order valence-electron chi connectivity index (χ0n) is 19.8. The molecular formula is C27H25F3N2O4. The van der Waals surface area contributed by atoms with Crippen LogP contribution in [0.25, 0.3) is 0 Å². The van der Waals surface area contributed by atoms with Gasteiger partial charge in [0.25, 0.3) is 5.91 Å². The zero-order chi connectivity index (χ0) is 25.9. The second-order valence-corrected chi connectivity index (χ2v) is 8.25. The van der Waals surface area contributed by atoms with Gasteiger partial charge in [0.05, 0.1) is 19.2 Å². The molecule has 9 heteroatoms. The monoisotopic (exact) mass is 498 g/mol. The smallest absolute Gasteiger partial charge is 0.416 e. The van der Waals surface area contributed by atoms with Crippen LogP contribution in [0.5, 0.6) is 5.75 Å². The average Bonchev–Trinajstić information content (AvgIpc) is 3.22. The van der Waals surface area contributed by atoms with E-state index in [0.29, 0.717) is 23.5 Å². The van der Waals surface area contributed by atoms with Crippen LogP contribution in [0.3, 0.4) is 0 Å². The molecule has 0 fully saturated rings. The van der Waals surface area contributed by atoms with Crippen LogP contribution in [0.4, 0.5) is 24.5 Å². The lowest BCUT2D eigenvalue weighted by atomic mass is 10.0. The third kappa shape index (κ3) is 5.30. The van der Waals surface area contributed by atoms with Crippen molar-refractivity contribution in [1.29, 1.82) is 0 Å². The molecule has 0 saturated heterocycles. The largest absolute Gasteiger partial charge is 0.489 e. The summed E-state index contributed by atoms with van der Waals surface area (Å²) in [5, 5.41) is 0. The molecule has 3 aromatic carbocycles. The van der Waals surface area contributed by atoms with Crippen LogP contribution < -0.4 is 14.5 Å². The van der Waals surface area contributed by atoms with Gasteiger partial charge >= 0.3 is 12.1 Å². The predicted molar refractivity (Wildman–Crippen MR) is 129 cm³/mol. The SMILES string of the molecule is CCN(CC(=O)OC)c1ccc(OCc2cccc3c2CN(c2ccc(C(F)(F)F)cc2)C3=O)cc1. The van der Waals surface area contributed by atoms with Gasteiger partial charge in [-0.3, -0.25) is 9.59 Å². The van der Waals surface area contributed by atoms with Gasteiger partial charge in [0.2, 0.25) is 0 Å². The molecule has 1 heterocycles. The van der Waals surface area contributed by atoms with E-state index in [1.807, 2.05) is 30.0 Å². The lowest BCUT2D eigenvalue weighted by Gasteiger charge is -2.21. The zero-order valence-corrected chi connectivity index (χ0v) is 19.8. The molecule has 0 aromatic heterocycles. The minimum Gasteiger partial charge on any atom is -0.489 e. The predicted octanol–water partition coefficient (Wildman–Crippen LogP) is 5.44. The van der Waals surface area contributed by atoms with Gasteiger partial charge in [-0.1, -0.05) is 12.1 Å². The summed E-state index contributed by atoms with van der Waals surface area (Å²) < 4.78 is 49.4. The van der Waals surface area contributed by atoms with Crippen molar-refractivity contribution in [2.75, 3.05) is 30.0 Å². The van der Waals surface area contributed by atoms with Crippen molar-refractivity contribution < 1.29 is 32.2 Å². The van der Waals surface area contributed by atoms with E-state index in [1.165, 1.54) is 24.1 Å². The fraction of sp³-hybridized carbons (Fsp3) is 0.259. The Hall–Kier alpha value is -4.01. The molecule has 0 saturated carbocycles. The number of halogens is 3. The molecule has 188 valence electrons. The van der Waals surface area contributed by atoms with E-state index in [0.717, 1.165) is 28.9 Å². The highest BCUT2D eigenvalue weighted by Crippen LogP contribution is 2.34. The van der Waals surface area contributed by atoms with Gasteiger partial charge in [0, 0.05) is 23.5 Å². The van der Waals surface area contributed by atoms with E-state index >= 15 is 0 Å². The number of carbonyl (C=O) groups is 2. The van der Waals surface area contributed by atoms with Gasteiger partial charge in [-0.15, -0.1) is 0 Å². The first-order valence-corrected chi connectivity index (χ1v) is 11.4. The molecular weight excluding hydrogens is 473 g/mol. The Balaban J connectivity index is 1.45. The lowest BCUT2D eigenvalue weighted by Crippen LogP contribution is -2.30. The normalized spacial score (nSPS) is 12.9. The van der Waals surface area contributed by atoms with E-state index in [-0.39, 0.29) is 31.6 Å². The number of rotatable bonds is 8. The van der Waals surface area contributed by atoms with Crippen molar-refractivity contribution in [1.82, 2.24) is 0 Å². The molecule has 1 aliphatic heterocycles. The Morgan fingerprint density at radius 3 is 2.33 bits per heavy atom. The van der Waals surface area contributed by atoms with Gasteiger partial charge in [-0.05, 0) is 72.6 Å². The number of nitrogens with zero attached hydrogens (tertiary/aromatic N) is 2. The van der Waals surface area contributed by atoms with E-state index < -0.39 is 11.7 Å². The molecule has 0 bridgehead atoms. The number of likely N-dealkylation sites (N-methyl/N-ethyl adjacent to an activating group) is 1. The maximum Gasteiger partial charge on any atom is 0.416 e. The van der Waals surface area contributed by atoms with Crippen LogP contribution in [0.1, 0.15) is 34.0 Å². The molecule has 6 nitrogen and oxygen atoms in total. The molecule has 0 N–H and O–H groups in total. The first-order chi connectivity index (χ1) is 17.2. The number of carbonyl (C=O) groups excluding carboxylic acids is 2. The van der Waals surface area contributed by atoms with Crippen LogP contribution in [-0.2, 0) is 28.9 Å². The first kappa shape index (κ1) is 25.1. The molecule has 36 heavy (non-hydrogen) atoms. The minimum absolute atomic E-state index is 0.146. The number of esters is 1. The quantitative estimate of drug-likeness (QED) is 0.387. The van der Waals surface area contributed by atoms with E-state index in [1.54, 1.807) is 24.3 Å². The molecule has 0 atom stereocenters. The fourth-order valence-corrected chi connectivity index (χ4v) is 4.09. The Kier molecular flexibility index (Phi) is 7.19. The summed E-state index contributed by atoms with van der Waals surface area (Å²) in [7, 11) is 1.35. The summed E-state index contributed by atoms with van der Waals surface area (Å²) in [6.45, 7) is 3.19. The number of hydrogen-bond acceptors (Lipinski definition) is 5. The summed E-state index contributed by atoms with van der Waals surface area (Å²) in [6.07, 6.45) is -4.44.